The van der Waals surface area contributed by atoms with Gasteiger partial charge in [-0.3, -0.25) is 9.59 Å². The van der Waals surface area contributed by atoms with Crippen molar-refractivity contribution >= 4 is 11.9 Å². The Balaban J connectivity index is 1.48. The molecule has 0 radical (unpaired) electrons. The lowest BCUT2D eigenvalue weighted by Gasteiger charge is -2.71. The lowest BCUT2D eigenvalue weighted by atomic mass is 9.33. The Labute approximate surface area is 226 Å². The van der Waals surface area contributed by atoms with E-state index in [2.05, 4.69) is 40.7 Å². The quantitative estimate of drug-likeness (QED) is 0.349. The van der Waals surface area contributed by atoms with Gasteiger partial charge in [-0.05, 0) is 91.3 Å². The van der Waals surface area contributed by atoms with Crippen molar-refractivity contribution in [3.8, 4) is 0 Å². The van der Waals surface area contributed by atoms with E-state index in [1.165, 1.54) is 12.7 Å². The zero-order valence-corrected chi connectivity index (χ0v) is 24.0. The molecular formula is C31H46O7. The molecule has 12 unspecified atom stereocenters. The molecule has 0 aromatic heterocycles. The first-order chi connectivity index (χ1) is 17.5. The number of aliphatic hydroxyl groups is 3. The summed E-state index contributed by atoms with van der Waals surface area (Å²) in [6.45, 7) is 13.0. The van der Waals surface area contributed by atoms with E-state index in [0.29, 0.717) is 19.3 Å². The molecule has 0 aromatic rings. The predicted molar refractivity (Wildman–Crippen MR) is 139 cm³/mol. The molecule has 6 aliphatic rings. The van der Waals surface area contributed by atoms with Crippen LogP contribution in [0.1, 0.15) is 86.5 Å². The van der Waals surface area contributed by atoms with Gasteiger partial charge in [0.15, 0.2) is 0 Å². The third-order valence-electron chi connectivity index (χ3n) is 13.7. The van der Waals surface area contributed by atoms with Crippen LogP contribution >= 0.6 is 0 Å². The van der Waals surface area contributed by atoms with Gasteiger partial charge < -0.3 is 24.8 Å². The Bertz CT molecular complexity index is 1110. The van der Waals surface area contributed by atoms with E-state index in [9.17, 15) is 24.9 Å². The monoisotopic (exact) mass is 530 g/mol. The van der Waals surface area contributed by atoms with Crippen molar-refractivity contribution < 1.29 is 34.4 Å². The van der Waals surface area contributed by atoms with Crippen LogP contribution in [0.15, 0.2) is 11.6 Å². The number of fused-ring (bicyclic) bond motifs is 10. The first-order valence-corrected chi connectivity index (χ1v) is 14.6. The highest BCUT2D eigenvalue weighted by atomic mass is 16.6. The summed E-state index contributed by atoms with van der Waals surface area (Å²) in [6.07, 6.45) is 3.88. The molecule has 7 nitrogen and oxygen atoms in total. The van der Waals surface area contributed by atoms with Gasteiger partial charge in [-0.25, -0.2) is 0 Å². The number of carbonyl (C=O) groups is 2. The molecule has 6 rings (SSSR count). The van der Waals surface area contributed by atoms with Crippen molar-refractivity contribution in [2.45, 2.75) is 111 Å². The molecule has 0 amide bonds. The standard InChI is InChI=1S/C31H46O7/c1-26(2)12-17-16-8-9-19-27(3)13-18-23(34)30(6,24(35)38-18)20(27)10-11-28(19,4)29(16,5)14-22(33)31(17,15-21(26)32)25(36)37-7/h8,17-23,32-34H,9-15H2,1-7H3. The Morgan fingerprint density at radius 2 is 1.66 bits per heavy atom. The van der Waals surface area contributed by atoms with Gasteiger partial charge in [-0.15, -0.1) is 0 Å². The summed E-state index contributed by atoms with van der Waals surface area (Å²) in [5.41, 5.74) is -1.93. The van der Waals surface area contributed by atoms with Crippen molar-refractivity contribution in [2.24, 2.45) is 50.2 Å². The summed E-state index contributed by atoms with van der Waals surface area (Å²) in [5, 5.41) is 34.1. The van der Waals surface area contributed by atoms with Crippen LogP contribution in [0.5, 0.6) is 0 Å². The van der Waals surface area contributed by atoms with Gasteiger partial charge in [-0.1, -0.05) is 46.3 Å². The second-order valence-corrected chi connectivity index (χ2v) is 15.4. The number of allylic oxidation sites excluding steroid dienone is 2. The average molecular weight is 531 g/mol. The number of esters is 2. The van der Waals surface area contributed by atoms with Crippen LogP contribution in [0, 0.1) is 50.2 Å². The minimum atomic E-state index is -1.15. The van der Waals surface area contributed by atoms with Crippen LogP contribution in [-0.4, -0.2) is 58.8 Å². The van der Waals surface area contributed by atoms with Crippen LogP contribution in [0.3, 0.4) is 0 Å². The van der Waals surface area contributed by atoms with Gasteiger partial charge in [0.1, 0.15) is 17.6 Å². The van der Waals surface area contributed by atoms with Crippen molar-refractivity contribution in [2.75, 3.05) is 7.11 Å². The summed E-state index contributed by atoms with van der Waals surface area (Å²) in [7, 11) is 1.38. The fraction of sp³-hybridized carbons (Fsp3) is 0.871. The number of ether oxygens (including phenoxy) is 2. The molecule has 12 atom stereocenters. The third kappa shape index (κ3) is 2.77. The SMILES string of the molecule is COC(=O)C12CC(O)C(C)(C)CC1C1=CCC3C4(C)CC5OC(=O)C(C)(C5O)C4CCC3(C)C1(C)CC2O. The van der Waals surface area contributed by atoms with Crippen LogP contribution in [0.4, 0.5) is 0 Å². The molecule has 2 bridgehead atoms. The maximum Gasteiger partial charge on any atom is 0.315 e. The fourth-order valence-corrected chi connectivity index (χ4v) is 11.3. The molecule has 5 fully saturated rings. The topological polar surface area (TPSA) is 113 Å². The number of aliphatic hydroxyl groups excluding tert-OH is 3. The molecule has 1 saturated heterocycles. The smallest absolute Gasteiger partial charge is 0.315 e. The third-order valence-corrected chi connectivity index (χ3v) is 13.7. The highest BCUT2D eigenvalue weighted by Crippen LogP contribution is 2.76. The van der Waals surface area contributed by atoms with Gasteiger partial charge in [0.05, 0.1) is 24.7 Å². The Kier molecular flexibility index (Phi) is 5.38. The zero-order chi connectivity index (χ0) is 27.8. The first-order valence-electron chi connectivity index (χ1n) is 14.6. The van der Waals surface area contributed by atoms with E-state index in [-0.39, 0.29) is 46.4 Å². The van der Waals surface area contributed by atoms with Gasteiger partial charge in [-0.2, -0.15) is 0 Å². The number of methoxy groups -OCH3 is 1. The molecule has 1 heterocycles. The summed E-state index contributed by atoms with van der Waals surface area (Å²) >= 11 is 0. The molecule has 4 saturated carbocycles. The van der Waals surface area contributed by atoms with E-state index in [1.54, 1.807) is 0 Å². The molecule has 5 aliphatic carbocycles. The molecule has 7 heteroatoms. The number of carbonyl (C=O) groups excluding carboxylic acids is 2. The summed E-state index contributed by atoms with van der Waals surface area (Å²) in [4.78, 5) is 26.5. The van der Waals surface area contributed by atoms with Crippen molar-refractivity contribution in [1.82, 2.24) is 0 Å². The summed E-state index contributed by atoms with van der Waals surface area (Å²) in [6, 6.07) is 0. The maximum absolute atomic E-state index is 13.5. The normalized spacial score (nSPS) is 56.4. The van der Waals surface area contributed by atoms with E-state index >= 15 is 0 Å². The summed E-state index contributed by atoms with van der Waals surface area (Å²) in [5.74, 6) is -0.621. The largest absolute Gasteiger partial charge is 0.468 e. The minimum Gasteiger partial charge on any atom is -0.468 e. The van der Waals surface area contributed by atoms with E-state index < -0.39 is 46.6 Å². The van der Waals surface area contributed by atoms with E-state index in [0.717, 1.165) is 19.3 Å². The second-order valence-electron chi connectivity index (χ2n) is 15.4. The molecule has 0 aromatic carbocycles. The predicted octanol–water partition coefficient (Wildman–Crippen LogP) is 3.78. The fourth-order valence-electron chi connectivity index (χ4n) is 11.3. The van der Waals surface area contributed by atoms with Crippen LogP contribution in [0.25, 0.3) is 0 Å². The average Bonchev–Trinajstić information content (AvgIpc) is 2.98. The molecule has 212 valence electrons. The molecule has 0 spiro atoms. The Hall–Kier alpha value is -1.44. The van der Waals surface area contributed by atoms with Crippen LogP contribution in [-0.2, 0) is 19.1 Å². The van der Waals surface area contributed by atoms with Crippen molar-refractivity contribution in [3.05, 3.63) is 11.6 Å². The molecule has 3 N–H and O–H groups in total. The molecule has 38 heavy (non-hydrogen) atoms. The second kappa shape index (κ2) is 7.64. The van der Waals surface area contributed by atoms with E-state index in [4.69, 9.17) is 9.47 Å². The lowest BCUT2D eigenvalue weighted by molar-refractivity contribution is -0.224. The van der Waals surface area contributed by atoms with E-state index in [1.807, 2.05) is 6.92 Å². The highest BCUT2D eigenvalue weighted by molar-refractivity contribution is 5.81. The van der Waals surface area contributed by atoms with Crippen LogP contribution < -0.4 is 0 Å². The number of hydrogen-bond acceptors (Lipinski definition) is 7. The van der Waals surface area contributed by atoms with Crippen LogP contribution in [0.2, 0.25) is 0 Å². The Morgan fingerprint density at radius 1 is 0.974 bits per heavy atom. The van der Waals surface area contributed by atoms with Gasteiger partial charge in [0.2, 0.25) is 0 Å². The molecular weight excluding hydrogens is 484 g/mol. The first kappa shape index (κ1) is 26.8. The van der Waals surface area contributed by atoms with Crippen molar-refractivity contribution in [3.63, 3.8) is 0 Å². The van der Waals surface area contributed by atoms with Gasteiger partial charge in [0, 0.05) is 0 Å². The number of hydrogen-bond donors (Lipinski definition) is 3. The lowest BCUT2D eigenvalue weighted by Crippen LogP contribution is -2.69. The highest BCUT2D eigenvalue weighted by Gasteiger charge is 2.75. The number of rotatable bonds is 1. The zero-order valence-electron chi connectivity index (χ0n) is 24.0. The maximum atomic E-state index is 13.5. The van der Waals surface area contributed by atoms with Crippen molar-refractivity contribution in [1.29, 1.82) is 0 Å². The minimum absolute atomic E-state index is 0.0271. The molecule has 1 aliphatic heterocycles. The van der Waals surface area contributed by atoms with Gasteiger partial charge in [0.25, 0.3) is 0 Å². The Morgan fingerprint density at radius 3 is 2.32 bits per heavy atom. The van der Waals surface area contributed by atoms with Gasteiger partial charge >= 0.3 is 11.9 Å². The summed E-state index contributed by atoms with van der Waals surface area (Å²) < 4.78 is 11.1.